The minimum absolute atomic E-state index is 0.149. The molecule has 5 heteroatoms. The third-order valence-corrected chi connectivity index (χ3v) is 3.96. The molecule has 0 atom stereocenters. The van der Waals surface area contributed by atoms with Gasteiger partial charge in [0.05, 0.1) is 5.57 Å². The molecule has 0 aliphatic carbocycles. The summed E-state index contributed by atoms with van der Waals surface area (Å²) in [5, 5.41) is 12.2. The molecule has 1 aliphatic heterocycles. The van der Waals surface area contributed by atoms with Gasteiger partial charge >= 0.3 is 0 Å². The van der Waals surface area contributed by atoms with E-state index >= 15 is 0 Å². The van der Waals surface area contributed by atoms with Crippen LogP contribution < -0.4 is 5.32 Å². The van der Waals surface area contributed by atoms with Crippen LogP contribution in [-0.2, 0) is 4.79 Å². The number of carbonyl (C=O) groups is 1. The maximum Gasteiger partial charge on any atom is 0.256 e. The molecule has 3 nitrogen and oxygen atoms in total. The minimum Gasteiger partial charge on any atom is -0.321 e. The Labute approximate surface area is 118 Å². The van der Waals surface area contributed by atoms with Crippen molar-refractivity contribution in [2.45, 2.75) is 0 Å². The van der Waals surface area contributed by atoms with Crippen LogP contribution in [-0.4, -0.2) is 5.91 Å². The van der Waals surface area contributed by atoms with Gasteiger partial charge in [-0.3, -0.25) is 4.79 Å². The lowest BCUT2D eigenvalue weighted by Crippen LogP contribution is -2.03. The van der Waals surface area contributed by atoms with Gasteiger partial charge in [-0.05, 0) is 36.4 Å². The van der Waals surface area contributed by atoms with Crippen LogP contribution in [0.4, 0.5) is 5.69 Å². The molecule has 0 radical (unpaired) electrons. The number of hydrogen-bond donors (Lipinski definition) is 1. The summed E-state index contributed by atoms with van der Waals surface area (Å²) >= 11 is 7.31. The Kier molecular flexibility index (Phi) is 2.86. The first-order valence-electron chi connectivity index (χ1n) is 5.50. The number of halogens is 1. The number of amides is 1. The first-order chi connectivity index (χ1) is 9.17. The average molecular weight is 287 g/mol. The highest BCUT2D eigenvalue weighted by Crippen LogP contribution is 2.35. The summed E-state index contributed by atoms with van der Waals surface area (Å²) in [4.78, 5) is 13.4. The van der Waals surface area contributed by atoms with E-state index in [0.29, 0.717) is 15.5 Å². The second-order valence-corrected chi connectivity index (χ2v) is 5.57. The van der Waals surface area contributed by atoms with Crippen molar-refractivity contribution < 1.29 is 4.79 Å². The van der Waals surface area contributed by atoms with E-state index in [1.54, 1.807) is 30.3 Å². The molecule has 19 heavy (non-hydrogen) atoms. The van der Waals surface area contributed by atoms with Gasteiger partial charge in [-0.15, -0.1) is 11.3 Å². The van der Waals surface area contributed by atoms with Crippen LogP contribution >= 0.6 is 22.9 Å². The smallest absolute Gasteiger partial charge is 0.256 e. The number of nitriles is 1. The van der Waals surface area contributed by atoms with Crippen LogP contribution in [0, 0.1) is 11.3 Å². The zero-order chi connectivity index (χ0) is 13.4. The Morgan fingerprint density at radius 1 is 1.32 bits per heavy atom. The zero-order valence-corrected chi connectivity index (χ0v) is 11.2. The van der Waals surface area contributed by atoms with Gasteiger partial charge in [-0.2, -0.15) is 5.26 Å². The van der Waals surface area contributed by atoms with E-state index in [1.165, 1.54) is 11.3 Å². The van der Waals surface area contributed by atoms with E-state index < -0.39 is 0 Å². The van der Waals surface area contributed by atoms with Crippen molar-refractivity contribution in [3.05, 3.63) is 50.7 Å². The number of rotatable bonds is 1. The van der Waals surface area contributed by atoms with Crippen molar-refractivity contribution in [1.29, 1.82) is 5.26 Å². The zero-order valence-electron chi connectivity index (χ0n) is 9.61. The third-order valence-electron chi connectivity index (χ3n) is 2.79. The Balaban J connectivity index is 2.09. The largest absolute Gasteiger partial charge is 0.321 e. The molecule has 1 aromatic carbocycles. The fourth-order valence-electron chi connectivity index (χ4n) is 1.94. The number of hydrogen-bond acceptors (Lipinski definition) is 3. The number of benzene rings is 1. The van der Waals surface area contributed by atoms with Crippen LogP contribution in [0.5, 0.6) is 0 Å². The first kappa shape index (κ1) is 12.0. The normalized spacial score (nSPS) is 15.2. The van der Waals surface area contributed by atoms with Crippen LogP contribution in [0.25, 0.3) is 11.6 Å². The number of fused-ring (bicyclic) bond motifs is 1. The summed E-state index contributed by atoms with van der Waals surface area (Å²) in [7, 11) is 0. The summed E-state index contributed by atoms with van der Waals surface area (Å²) in [5.74, 6) is -0.149. The predicted octanol–water partition coefficient (Wildman–Crippen LogP) is 3.77. The Bertz CT molecular complexity index is 755. The van der Waals surface area contributed by atoms with Crippen molar-refractivity contribution in [3.63, 3.8) is 0 Å². The molecule has 3 rings (SSSR count). The molecule has 1 aromatic heterocycles. The topological polar surface area (TPSA) is 52.9 Å². The highest BCUT2D eigenvalue weighted by molar-refractivity contribution is 7.13. The minimum atomic E-state index is -0.149. The molecule has 1 aliphatic rings. The molecule has 0 saturated heterocycles. The lowest BCUT2D eigenvalue weighted by Gasteiger charge is -1.98. The molecule has 0 unspecified atom stereocenters. The number of carbonyl (C=O) groups excluding carboxylic acids is 1. The van der Waals surface area contributed by atoms with Gasteiger partial charge in [0, 0.05) is 21.2 Å². The Morgan fingerprint density at radius 2 is 2.16 bits per heavy atom. The van der Waals surface area contributed by atoms with Gasteiger partial charge in [-0.25, -0.2) is 0 Å². The fourth-order valence-corrected chi connectivity index (χ4v) is 2.86. The third kappa shape index (κ3) is 2.14. The quantitative estimate of drug-likeness (QED) is 0.811. The standard InChI is InChI=1S/C14H7ClN2OS/c15-8-1-4-13-11(5-8)12(14(18)17-13)6-9-2-3-10(7-16)19-9/h1-6H,(H,17,18)/b12-6-. The molecule has 1 amide bonds. The second-order valence-electron chi connectivity index (χ2n) is 4.02. The summed E-state index contributed by atoms with van der Waals surface area (Å²) in [6.45, 7) is 0. The highest BCUT2D eigenvalue weighted by Gasteiger charge is 2.24. The van der Waals surface area contributed by atoms with Crippen LogP contribution in [0.15, 0.2) is 30.3 Å². The maximum atomic E-state index is 11.9. The van der Waals surface area contributed by atoms with Gasteiger partial charge in [0.25, 0.3) is 5.91 Å². The molecule has 92 valence electrons. The van der Waals surface area contributed by atoms with Gasteiger partial charge in [-0.1, -0.05) is 11.6 Å². The van der Waals surface area contributed by atoms with Crippen molar-refractivity contribution in [1.82, 2.24) is 0 Å². The molecule has 1 N–H and O–H groups in total. The van der Waals surface area contributed by atoms with E-state index in [0.717, 1.165) is 16.1 Å². The number of anilines is 1. The highest BCUT2D eigenvalue weighted by atomic mass is 35.5. The van der Waals surface area contributed by atoms with Crippen LogP contribution in [0.1, 0.15) is 15.3 Å². The lowest BCUT2D eigenvalue weighted by atomic mass is 10.1. The number of thiophene rings is 1. The van der Waals surface area contributed by atoms with E-state index in [-0.39, 0.29) is 5.91 Å². The number of nitrogens with zero attached hydrogens (tertiary/aromatic N) is 1. The SMILES string of the molecule is N#Cc1ccc(/C=C2\C(=O)Nc3ccc(Cl)cc32)s1. The summed E-state index contributed by atoms with van der Waals surface area (Å²) in [5.41, 5.74) is 2.13. The van der Waals surface area contributed by atoms with Gasteiger partial charge < -0.3 is 5.32 Å². The second kappa shape index (κ2) is 4.54. The van der Waals surface area contributed by atoms with E-state index in [4.69, 9.17) is 16.9 Å². The summed E-state index contributed by atoms with van der Waals surface area (Å²) in [6.07, 6.45) is 1.78. The van der Waals surface area contributed by atoms with E-state index in [9.17, 15) is 4.79 Å². The predicted molar refractivity (Wildman–Crippen MR) is 77.0 cm³/mol. The van der Waals surface area contributed by atoms with Crippen molar-refractivity contribution >= 4 is 46.2 Å². The summed E-state index contributed by atoms with van der Waals surface area (Å²) < 4.78 is 0. The molecular formula is C14H7ClN2OS. The molecule has 0 fully saturated rings. The molecule has 2 heterocycles. The Hall–Kier alpha value is -2.09. The first-order valence-corrected chi connectivity index (χ1v) is 6.70. The average Bonchev–Trinajstić information content (AvgIpc) is 2.96. The van der Waals surface area contributed by atoms with Crippen LogP contribution in [0.2, 0.25) is 5.02 Å². The Morgan fingerprint density at radius 3 is 2.89 bits per heavy atom. The van der Waals surface area contributed by atoms with E-state index in [1.807, 2.05) is 6.07 Å². The summed E-state index contributed by atoms with van der Waals surface area (Å²) in [6, 6.07) is 10.9. The maximum absolute atomic E-state index is 11.9. The van der Waals surface area contributed by atoms with E-state index in [2.05, 4.69) is 11.4 Å². The monoisotopic (exact) mass is 286 g/mol. The molecule has 0 spiro atoms. The number of nitrogens with one attached hydrogen (secondary N) is 1. The van der Waals surface area contributed by atoms with Crippen molar-refractivity contribution in [2.24, 2.45) is 0 Å². The molecule has 0 bridgehead atoms. The molecular weight excluding hydrogens is 280 g/mol. The van der Waals surface area contributed by atoms with Crippen LogP contribution in [0.3, 0.4) is 0 Å². The van der Waals surface area contributed by atoms with Crippen molar-refractivity contribution in [2.75, 3.05) is 5.32 Å². The van der Waals surface area contributed by atoms with Gasteiger partial charge in [0.1, 0.15) is 10.9 Å². The van der Waals surface area contributed by atoms with Crippen molar-refractivity contribution in [3.8, 4) is 6.07 Å². The van der Waals surface area contributed by atoms with Gasteiger partial charge in [0.2, 0.25) is 0 Å². The lowest BCUT2D eigenvalue weighted by molar-refractivity contribution is -0.110. The van der Waals surface area contributed by atoms with Gasteiger partial charge in [0.15, 0.2) is 0 Å². The molecule has 2 aromatic rings. The fraction of sp³-hybridized carbons (Fsp3) is 0. The molecule has 0 saturated carbocycles.